The van der Waals surface area contributed by atoms with Crippen molar-refractivity contribution in [1.82, 2.24) is 0 Å². The van der Waals surface area contributed by atoms with Crippen LogP contribution in [0.5, 0.6) is 11.5 Å². The molecule has 108 valence electrons. The molecule has 2 atom stereocenters. The van der Waals surface area contributed by atoms with Gasteiger partial charge in [0.25, 0.3) is 11.9 Å². The first-order valence-corrected chi connectivity index (χ1v) is 6.88. The van der Waals surface area contributed by atoms with Crippen LogP contribution < -0.4 is 9.47 Å². The van der Waals surface area contributed by atoms with E-state index in [1.54, 1.807) is 25.3 Å². The zero-order valence-electron chi connectivity index (χ0n) is 11.8. The number of ether oxygens (including phenoxy) is 3. The molecule has 1 fully saturated rings. The van der Waals surface area contributed by atoms with E-state index in [9.17, 15) is 4.79 Å². The van der Waals surface area contributed by atoms with Crippen LogP contribution in [0.4, 0.5) is 0 Å². The molecule has 0 spiro atoms. The zero-order chi connectivity index (χ0) is 15.2. The van der Waals surface area contributed by atoms with Gasteiger partial charge in [0, 0.05) is 5.56 Å². The molecular formula is C18H12O4. The molecule has 0 saturated carbocycles. The largest absolute Gasteiger partial charge is 0.497 e. The number of rotatable bonds is 1. The van der Waals surface area contributed by atoms with E-state index in [0.717, 1.165) is 5.56 Å². The lowest BCUT2D eigenvalue weighted by molar-refractivity contribution is 0.0908. The van der Waals surface area contributed by atoms with Gasteiger partial charge in [-0.15, -0.1) is 0 Å². The Morgan fingerprint density at radius 3 is 2.77 bits per heavy atom. The maximum Gasteiger partial charge on any atom is 0.258 e. The number of fused-ring (bicyclic) bond motifs is 2. The molecule has 0 aliphatic carbocycles. The second-order valence-corrected chi connectivity index (χ2v) is 5.11. The van der Waals surface area contributed by atoms with Crippen molar-refractivity contribution in [3.05, 3.63) is 59.7 Å². The van der Waals surface area contributed by atoms with Crippen molar-refractivity contribution in [2.75, 3.05) is 7.11 Å². The summed E-state index contributed by atoms with van der Waals surface area (Å²) in [6.45, 7) is 0. The Bertz CT molecular complexity index is 816. The Hall–Kier alpha value is -2.77. The molecule has 4 nitrogen and oxygen atoms in total. The minimum atomic E-state index is -1.19. The van der Waals surface area contributed by atoms with Crippen LogP contribution in [0.2, 0.25) is 0 Å². The zero-order valence-corrected chi connectivity index (χ0v) is 11.8. The maximum absolute atomic E-state index is 12.7. The highest BCUT2D eigenvalue weighted by Crippen LogP contribution is 2.47. The Morgan fingerprint density at radius 1 is 1.18 bits per heavy atom. The minimum Gasteiger partial charge on any atom is -0.497 e. The quantitative estimate of drug-likeness (QED) is 0.598. The molecule has 4 rings (SSSR count). The Balaban J connectivity index is 1.71. The van der Waals surface area contributed by atoms with Crippen LogP contribution in [0.1, 0.15) is 15.9 Å². The van der Waals surface area contributed by atoms with Crippen LogP contribution in [-0.4, -0.2) is 24.8 Å². The molecule has 2 aliphatic heterocycles. The highest BCUT2D eigenvalue weighted by molar-refractivity contribution is 6.10. The van der Waals surface area contributed by atoms with Gasteiger partial charge in [-0.25, -0.2) is 0 Å². The van der Waals surface area contributed by atoms with Crippen molar-refractivity contribution >= 4 is 5.78 Å². The van der Waals surface area contributed by atoms with Crippen molar-refractivity contribution < 1.29 is 19.0 Å². The smallest absolute Gasteiger partial charge is 0.258 e. The van der Waals surface area contributed by atoms with Gasteiger partial charge in [0.05, 0.1) is 12.7 Å². The molecule has 4 heteroatoms. The summed E-state index contributed by atoms with van der Waals surface area (Å²) in [5.41, 5.74) is 0.0840. The van der Waals surface area contributed by atoms with E-state index in [1.165, 1.54) is 0 Å². The third-order valence-corrected chi connectivity index (χ3v) is 3.74. The predicted molar refractivity (Wildman–Crippen MR) is 78.9 cm³/mol. The lowest BCUT2D eigenvalue weighted by Crippen LogP contribution is -2.32. The second-order valence-electron chi connectivity index (χ2n) is 5.11. The molecule has 2 aliphatic rings. The van der Waals surface area contributed by atoms with E-state index in [0.29, 0.717) is 17.1 Å². The van der Waals surface area contributed by atoms with E-state index >= 15 is 0 Å². The van der Waals surface area contributed by atoms with Gasteiger partial charge in [0.1, 0.15) is 11.5 Å². The molecule has 0 bridgehead atoms. The summed E-state index contributed by atoms with van der Waals surface area (Å²) in [7, 11) is 1.55. The van der Waals surface area contributed by atoms with Crippen molar-refractivity contribution in [1.29, 1.82) is 0 Å². The van der Waals surface area contributed by atoms with Gasteiger partial charge in [-0.2, -0.15) is 0 Å². The summed E-state index contributed by atoms with van der Waals surface area (Å²) in [5.74, 6) is 6.83. The number of methoxy groups -OCH3 is 1. The second kappa shape index (κ2) is 4.62. The third-order valence-electron chi connectivity index (χ3n) is 3.74. The summed E-state index contributed by atoms with van der Waals surface area (Å²) in [6.07, 6.45) is -0.628. The first-order chi connectivity index (χ1) is 10.7. The molecule has 2 aromatic rings. The van der Waals surface area contributed by atoms with Crippen LogP contribution in [0.25, 0.3) is 0 Å². The van der Waals surface area contributed by atoms with Crippen LogP contribution in [0.15, 0.2) is 48.5 Å². The first kappa shape index (κ1) is 12.9. The third kappa shape index (κ3) is 1.87. The number of carbonyl (C=O) groups is 1. The minimum absolute atomic E-state index is 0.180. The summed E-state index contributed by atoms with van der Waals surface area (Å²) in [4.78, 5) is 12.7. The van der Waals surface area contributed by atoms with Crippen molar-refractivity contribution in [2.45, 2.75) is 11.9 Å². The normalized spacial score (nSPS) is 24.2. The summed E-state index contributed by atoms with van der Waals surface area (Å²) >= 11 is 0. The van der Waals surface area contributed by atoms with Crippen molar-refractivity contribution in [3.8, 4) is 23.3 Å². The van der Waals surface area contributed by atoms with Gasteiger partial charge in [-0.3, -0.25) is 4.79 Å². The van der Waals surface area contributed by atoms with Gasteiger partial charge < -0.3 is 14.2 Å². The summed E-state index contributed by atoms with van der Waals surface area (Å²) < 4.78 is 16.3. The van der Waals surface area contributed by atoms with Crippen molar-refractivity contribution in [2.24, 2.45) is 0 Å². The number of benzene rings is 2. The van der Waals surface area contributed by atoms with E-state index < -0.39 is 11.9 Å². The molecular weight excluding hydrogens is 280 g/mol. The summed E-state index contributed by atoms with van der Waals surface area (Å²) in [6, 6.07) is 14.6. The average Bonchev–Trinajstić information content (AvgIpc) is 3.29. The number of hydrogen-bond donors (Lipinski definition) is 0. The fourth-order valence-electron chi connectivity index (χ4n) is 2.47. The molecule has 2 aromatic carbocycles. The van der Waals surface area contributed by atoms with Gasteiger partial charge in [0.15, 0.2) is 0 Å². The van der Waals surface area contributed by atoms with Gasteiger partial charge in [0.2, 0.25) is 5.78 Å². The number of Topliss-reactive ketones (excluding diaryl/α,β-unsaturated/α-hetero) is 1. The first-order valence-electron chi connectivity index (χ1n) is 6.88. The molecule has 0 radical (unpaired) electrons. The monoisotopic (exact) mass is 292 g/mol. The maximum atomic E-state index is 12.7. The van der Waals surface area contributed by atoms with E-state index in [-0.39, 0.29) is 5.78 Å². The number of carbonyl (C=O) groups excluding carboxylic acids is 1. The van der Waals surface area contributed by atoms with E-state index in [2.05, 4.69) is 11.8 Å². The molecule has 22 heavy (non-hydrogen) atoms. The number of ketones is 1. The van der Waals surface area contributed by atoms with Crippen LogP contribution in [0, 0.1) is 11.8 Å². The molecule has 0 aromatic heterocycles. The Morgan fingerprint density at radius 2 is 2.00 bits per heavy atom. The van der Waals surface area contributed by atoms with Gasteiger partial charge in [-0.05, 0) is 36.3 Å². The fourth-order valence-corrected chi connectivity index (χ4v) is 2.47. The average molecular weight is 292 g/mol. The highest BCUT2D eigenvalue weighted by Gasteiger charge is 2.67. The van der Waals surface area contributed by atoms with Crippen LogP contribution in [-0.2, 0) is 4.74 Å². The van der Waals surface area contributed by atoms with Gasteiger partial charge in [-0.1, -0.05) is 24.1 Å². The van der Waals surface area contributed by atoms with Crippen LogP contribution in [0.3, 0.4) is 0 Å². The number of hydrogen-bond acceptors (Lipinski definition) is 4. The standard InChI is InChI=1S/C18H12O4/c1-20-13-7-8-15-14(11-13)16(19)18(17(21-15)22-18)10-9-12-5-3-2-4-6-12/h2-8,11,17H,1H3. The lowest BCUT2D eigenvalue weighted by Gasteiger charge is -2.16. The number of epoxide rings is 1. The molecule has 2 unspecified atom stereocenters. The topological polar surface area (TPSA) is 48.1 Å². The predicted octanol–water partition coefficient (Wildman–Crippen LogP) is 2.42. The lowest BCUT2D eigenvalue weighted by atomic mass is 9.94. The van der Waals surface area contributed by atoms with Crippen molar-refractivity contribution in [3.63, 3.8) is 0 Å². The molecule has 1 saturated heterocycles. The summed E-state index contributed by atoms with van der Waals surface area (Å²) in [5, 5.41) is 0. The molecule has 0 N–H and O–H groups in total. The van der Waals surface area contributed by atoms with E-state index in [1.807, 2.05) is 30.3 Å². The fraction of sp³-hybridized carbons (Fsp3) is 0.167. The molecule has 2 heterocycles. The Kier molecular flexibility index (Phi) is 2.72. The molecule has 0 amide bonds. The van der Waals surface area contributed by atoms with E-state index in [4.69, 9.17) is 14.2 Å². The Labute approximate surface area is 127 Å². The van der Waals surface area contributed by atoms with Crippen LogP contribution >= 0.6 is 0 Å². The SMILES string of the molecule is COc1ccc2c(c1)C(=O)C1(C#Cc3ccccc3)OC1O2. The van der Waals surface area contributed by atoms with Gasteiger partial charge >= 0.3 is 0 Å². The highest BCUT2D eigenvalue weighted by atomic mass is 16.8.